The van der Waals surface area contributed by atoms with Gasteiger partial charge in [-0.1, -0.05) is 18.6 Å². The van der Waals surface area contributed by atoms with Crippen LogP contribution in [0.3, 0.4) is 0 Å². The van der Waals surface area contributed by atoms with Crippen LogP contribution in [0, 0.1) is 11.8 Å². The Kier molecular flexibility index (Phi) is 4.46. The molecule has 4 rings (SSSR count). The molecule has 1 N–H and O–H groups in total. The number of benzene rings is 1. The van der Waals surface area contributed by atoms with Gasteiger partial charge >= 0.3 is 0 Å². The van der Waals surface area contributed by atoms with Crippen molar-refractivity contribution in [3.05, 3.63) is 29.3 Å². The molecule has 0 heterocycles. The third kappa shape index (κ3) is 2.80. The summed E-state index contributed by atoms with van der Waals surface area (Å²) in [4.78, 5) is 0. The van der Waals surface area contributed by atoms with Crippen LogP contribution >= 0.6 is 12.4 Å². The second-order valence-corrected chi connectivity index (χ2v) is 6.99. The molecule has 3 aliphatic rings. The number of methoxy groups -OCH3 is 1. The minimum Gasteiger partial charge on any atom is -0.496 e. The number of rotatable bonds is 3. The van der Waals surface area contributed by atoms with E-state index in [2.05, 4.69) is 23.5 Å². The van der Waals surface area contributed by atoms with E-state index in [-0.39, 0.29) is 12.4 Å². The first kappa shape index (κ1) is 15.2. The fraction of sp³-hybridized carbons (Fsp3) is 0.667. The lowest BCUT2D eigenvalue weighted by molar-refractivity contribution is 0.301. The average Bonchev–Trinajstić information content (AvgIpc) is 3.09. The SMILES string of the molecule is COc1cccc2c1CC(NC1CC3CCC1C3)CC2.Cl. The van der Waals surface area contributed by atoms with Crippen LogP contribution in [0.15, 0.2) is 18.2 Å². The molecule has 4 unspecified atom stereocenters. The topological polar surface area (TPSA) is 21.3 Å². The van der Waals surface area contributed by atoms with Crippen molar-refractivity contribution in [3.8, 4) is 5.75 Å². The molecule has 3 heteroatoms. The van der Waals surface area contributed by atoms with E-state index < -0.39 is 0 Å². The summed E-state index contributed by atoms with van der Waals surface area (Å²) in [5.74, 6) is 3.09. The molecule has 116 valence electrons. The molecule has 2 fully saturated rings. The second-order valence-electron chi connectivity index (χ2n) is 6.99. The highest BCUT2D eigenvalue weighted by Crippen LogP contribution is 2.45. The lowest BCUT2D eigenvalue weighted by atomic mass is 9.86. The first-order valence-corrected chi connectivity index (χ1v) is 8.24. The van der Waals surface area contributed by atoms with Crippen molar-refractivity contribution in [3.63, 3.8) is 0 Å². The highest BCUT2D eigenvalue weighted by Gasteiger charge is 2.40. The van der Waals surface area contributed by atoms with Gasteiger partial charge in [0.15, 0.2) is 0 Å². The molecule has 0 amide bonds. The van der Waals surface area contributed by atoms with Crippen LogP contribution < -0.4 is 10.1 Å². The van der Waals surface area contributed by atoms with Crippen LogP contribution in [0.2, 0.25) is 0 Å². The normalized spacial score (nSPS) is 33.4. The molecule has 0 radical (unpaired) electrons. The van der Waals surface area contributed by atoms with Crippen LogP contribution in [-0.2, 0) is 12.8 Å². The fourth-order valence-corrected chi connectivity index (χ4v) is 4.84. The zero-order valence-electron chi connectivity index (χ0n) is 12.8. The van der Waals surface area contributed by atoms with E-state index in [1.54, 1.807) is 7.11 Å². The summed E-state index contributed by atoms with van der Waals surface area (Å²) in [6.07, 6.45) is 9.51. The zero-order chi connectivity index (χ0) is 13.5. The van der Waals surface area contributed by atoms with Gasteiger partial charge in [0.25, 0.3) is 0 Å². The molecule has 4 atom stereocenters. The summed E-state index contributed by atoms with van der Waals surface area (Å²) in [7, 11) is 1.79. The summed E-state index contributed by atoms with van der Waals surface area (Å²) in [6.45, 7) is 0. The molecule has 2 nitrogen and oxygen atoms in total. The Hall–Kier alpha value is -0.730. The summed E-state index contributed by atoms with van der Waals surface area (Å²) in [6, 6.07) is 7.96. The average molecular weight is 308 g/mol. The Bertz CT molecular complexity index is 490. The highest BCUT2D eigenvalue weighted by atomic mass is 35.5. The largest absolute Gasteiger partial charge is 0.496 e. The molecule has 2 bridgehead atoms. The van der Waals surface area contributed by atoms with Crippen molar-refractivity contribution in [2.45, 2.75) is 57.0 Å². The van der Waals surface area contributed by atoms with Crippen molar-refractivity contribution in [1.82, 2.24) is 5.32 Å². The molecule has 0 aliphatic heterocycles. The Balaban J connectivity index is 0.00000132. The Morgan fingerprint density at radius 2 is 2.05 bits per heavy atom. The molecule has 2 saturated carbocycles. The van der Waals surface area contributed by atoms with Crippen molar-refractivity contribution in [1.29, 1.82) is 0 Å². The number of fused-ring (bicyclic) bond motifs is 3. The van der Waals surface area contributed by atoms with Crippen molar-refractivity contribution in [2.75, 3.05) is 7.11 Å². The van der Waals surface area contributed by atoms with E-state index in [1.165, 1.54) is 49.7 Å². The molecule has 1 aromatic rings. The molecule has 0 spiro atoms. The van der Waals surface area contributed by atoms with Crippen LogP contribution in [0.4, 0.5) is 0 Å². The first-order valence-electron chi connectivity index (χ1n) is 8.24. The molecular weight excluding hydrogens is 282 g/mol. The smallest absolute Gasteiger partial charge is 0.122 e. The molecule has 3 aliphatic carbocycles. The van der Waals surface area contributed by atoms with E-state index in [0.29, 0.717) is 6.04 Å². The maximum absolute atomic E-state index is 5.55. The van der Waals surface area contributed by atoms with E-state index >= 15 is 0 Å². The predicted molar refractivity (Wildman–Crippen MR) is 88.4 cm³/mol. The van der Waals surface area contributed by atoms with Gasteiger partial charge in [-0.15, -0.1) is 12.4 Å². The molecule has 0 saturated heterocycles. The van der Waals surface area contributed by atoms with Gasteiger partial charge in [0.1, 0.15) is 5.75 Å². The van der Waals surface area contributed by atoms with Gasteiger partial charge in [0.05, 0.1) is 7.11 Å². The van der Waals surface area contributed by atoms with Gasteiger partial charge in [-0.2, -0.15) is 0 Å². The van der Waals surface area contributed by atoms with Gasteiger partial charge < -0.3 is 10.1 Å². The predicted octanol–water partition coefficient (Wildman–Crippen LogP) is 3.75. The number of ether oxygens (including phenoxy) is 1. The van der Waals surface area contributed by atoms with E-state index in [0.717, 1.165) is 30.0 Å². The number of hydrogen-bond donors (Lipinski definition) is 1. The Labute approximate surface area is 134 Å². The lowest BCUT2D eigenvalue weighted by Crippen LogP contribution is -2.44. The lowest BCUT2D eigenvalue weighted by Gasteiger charge is -2.32. The third-order valence-corrected chi connectivity index (χ3v) is 5.85. The number of halogens is 1. The quantitative estimate of drug-likeness (QED) is 0.918. The third-order valence-electron chi connectivity index (χ3n) is 5.85. The van der Waals surface area contributed by atoms with Crippen LogP contribution in [0.25, 0.3) is 0 Å². The molecule has 0 aromatic heterocycles. The summed E-state index contributed by atoms with van der Waals surface area (Å²) in [5, 5.41) is 3.99. The van der Waals surface area contributed by atoms with E-state index in [4.69, 9.17) is 4.74 Å². The van der Waals surface area contributed by atoms with E-state index in [9.17, 15) is 0 Å². The zero-order valence-corrected chi connectivity index (χ0v) is 13.6. The number of aryl methyl sites for hydroxylation is 1. The summed E-state index contributed by atoms with van der Waals surface area (Å²) < 4.78 is 5.55. The number of nitrogens with one attached hydrogen (secondary N) is 1. The molecular formula is C18H26ClNO. The monoisotopic (exact) mass is 307 g/mol. The minimum absolute atomic E-state index is 0. The van der Waals surface area contributed by atoms with E-state index in [1.807, 2.05) is 0 Å². The molecule has 21 heavy (non-hydrogen) atoms. The maximum Gasteiger partial charge on any atom is 0.122 e. The summed E-state index contributed by atoms with van der Waals surface area (Å²) >= 11 is 0. The Morgan fingerprint density at radius 3 is 2.76 bits per heavy atom. The highest BCUT2D eigenvalue weighted by molar-refractivity contribution is 5.85. The number of hydrogen-bond acceptors (Lipinski definition) is 2. The maximum atomic E-state index is 5.55. The Morgan fingerprint density at radius 1 is 1.14 bits per heavy atom. The van der Waals surface area contributed by atoms with Crippen molar-refractivity contribution in [2.24, 2.45) is 11.8 Å². The minimum atomic E-state index is 0. The fourth-order valence-electron chi connectivity index (χ4n) is 4.84. The van der Waals surface area contributed by atoms with Crippen molar-refractivity contribution < 1.29 is 4.74 Å². The van der Waals surface area contributed by atoms with Gasteiger partial charge in [0, 0.05) is 12.1 Å². The van der Waals surface area contributed by atoms with Gasteiger partial charge in [-0.3, -0.25) is 0 Å². The van der Waals surface area contributed by atoms with Crippen LogP contribution in [0.1, 0.15) is 43.2 Å². The van der Waals surface area contributed by atoms with Crippen LogP contribution in [-0.4, -0.2) is 19.2 Å². The molecule has 1 aromatic carbocycles. The summed E-state index contributed by atoms with van der Waals surface area (Å²) in [5.41, 5.74) is 2.94. The van der Waals surface area contributed by atoms with Crippen molar-refractivity contribution >= 4 is 12.4 Å². The van der Waals surface area contributed by atoms with Gasteiger partial charge in [0.2, 0.25) is 0 Å². The first-order chi connectivity index (χ1) is 9.83. The standard InChI is InChI=1S/C18H25NO.ClH/c1-20-18-4-2-3-13-7-8-15(11-16(13)18)19-17-10-12-5-6-14(17)9-12;/h2-4,12,14-15,17,19H,5-11H2,1H3;1H. The van der Waals surface area contributed by atoms with Crippen LogP contribution in [0.5, 0.6) is 5.75 Å². The second kappa shape index (κ2) is 6.18. The van der Waals surface area contributed by atoms with Gasteiger partial charge in [-0.25, -0.2) is 0 Å². The van der Waals surface area contributed by atoms with Gasteiger partial charge in [-0.05, 0) is 67.6 Å².